The largest absolute Gasteiger partial charge is 0.330 e. The molecule has 0 fully saturated rings. The molecule has 3 nitrogen and oxygen atoms in total. The number of nitrogens with two attached hydrogens (primary N) is 1. The van der Waals surface area contributed by atoms with Crippen LogP contribution in [0.1, 0.15) is 31.4 Å². The summed E-state index contributed by atoms with van der Waals surface area (Å²) in [6, 6.07) is 6.18. The maximum absolute atomic E-state index is 12.5. The number of benzene rings is 1. The monoisotopic (exact) mass is 262 g/mol. The van der Waals surface area contributed by atoms with E-state index in [2.05, 4.69) is 19.9 Å². The van der Waals surface area contributed by atoms with E-state index in [0.29, 0.717) is 12.5 Å². The maximum Gasteiger partial charge on any atom is 0.231 e. The van der Waals surface area contributed by atoms with Gasteiger partial charge in [0.1, 0.15) is 0 Å². The van der Waals surface area contributed by atoms with Crippen LogP contribution in [0.15, 0.2) is 18.2 Å². The molecule has 1 atom stereocenters. The summed E-state index contributed by atoms with van der Waals surface area (Å²) in [5.74, 6) is 0.497. The molecule has 2 N–H and O–H groups in total. The van der Waals surface area contributed by atoms with Crippen LogP contribution < -0.4 is 10.6 Å². The van der Waals surface area contributed by atoms with Crippen molar-refractivity contribution in [3.05, 3.63) is 29.3 Å². The number of nitrogens with zero attached hydrogens (tertiary/aromatic N) is 1. The van der Waals surface area contributed by atoms with Gasteiger partial charge in [0, 0.05) is 19.3 Å². The van der Waals surface area contributed by atoms with Gasteiger partial charge in [0.15, 0.2) is 0 Å². The van der Waals surface area contributed by atoms with Crippen LogP contribution in [0, 0.1) is 25.7 Å². The molecule has 0 heterocycles. The summed E-state index contributed by atoms with van der Waals surface area (Å²) in [6.07, 6.45) is 0.838. The summed E-state index contributed by atoms with van der Waals surface area (Å²) >= 11 is 0. The van der Waals surface area contributed by atoms with Crippen molar-refractivity contribution in [3.8, 4) is 0 Å². The van der Waals surface area contributed by atoms with Crippen LogP contribution in [-0.4, -0.2) is 19.5 Å². The normalized spacial score (nSPS) is 12.6. The molecule has 0 radical (unpaired) electrons. The van der Waals surface area contributed by atoms with Crippen LogP contribution in [0.2, 0.25) is 0 Å². The number of hydrogen-bond donors (Lipinski definition) is 1. The van der Waals surface area contributed by atoms with E-state index in [-0.39, 0.29) is 11.8 Å². The first kappa shape index (κ1) is 15.7. The molecule has 19 heavy (non-hydrogen) atoms. The molecule has 1 rings (SSSR count). The van der Waals surface area contributed by atoms with E-state index < -0.39 is 0 Å². The number of carbonyl (C=O) groups excluding carboxylic acids is 1. The van der Waals surface area contributed by atoms with Crippen LogP contribution in [0.4, 0.5) is 5.69 Å². The highest BCUT2D eigenvalue weighted by Gasteiger charge is 2.22. The molecule has 1 unspecified atom stereocenters. The minimum atomic E-state index is -0.0918. The van der Waals surface area contributed by atoms with Crippen LogP contribution in [0.25, 0.3) is 0 Å². The lowest BCUT2D eigenvalue weighted by Crippen LogP contribution is -2.37. The van der Waals surface area contributed by atoms with Gasteiger partial charge in [-0.25, -0.2) is 0 Å². The standard InChI is InChI=1S/C16H26N2O/c1-11(2)6-14(10-17)16(19)18(5)15-8-12(3)7-13(4)9-15/h7-9,11,14H,6,10,17H2,1-5H3. The molecule has 0 aliphatic heterocycles. The first-order chi connectivity index (χ1) is 8.85. The molecule has 0 saturated carbocycles. The fourth-order valence-electron chi connectivity index (χ4n) is 2.41. The fourth-order valence-corrected chi connectivity index (χ4v) is 2.41. The van der Waals surface area contributed by atoms with Gasteiger partial charge < -0.3 is 10.6 Å². The Labute approximate surface area is 116 Å². The number of amides is 1. The van der Waals surface area contributed by atoms with Gasteiger partial charge in [-0.2, -0.15) is 0 Å². The Balaban J connectivity index is 2.91. The summed E-state index contributed by atoms with van der Waals surface area (Å²) in [7, 11) is 1.83. The van der Waals surface area contributed by atoms with Crippen molar-refractivity contribution in [1.29, 1.82) is 0 Å². The Morgan fingerprint density at radius 2 is 1.74 bits per heavy atom. The zero-order valence-corrected chi connectivity index (χ0v) is 12.7. The maximum atomic E-state index is 12.5. The van der Waals surface area contributed by atoms with Crippen LogP contribution in [-0.2, 0) is 4.79 Å². The van der Waals surface area contributed by atoms with Gasteiger partial charge in [0.2, 0.25) is 5.91 Å². The quantitative estimate of drug-likeness (QED) is 0.887. The average molecular weight is 262 g/mol. The predicted molar refractivity (Wildman–Crippen MR) is 81.3 cm³/mol. The second kappa shape index (κ2) is 6.71. The van der Waals surface area contributed by atoms with E-state index in [9.17, 15) is 4.79 Å². The molecule has 0 spiro atoms. The van der Waals surface area contributed by atoms with E-state index in [1.165, 1.54) is 11.1 Å². The minimum Gasteiger partial charge on any atom is -0.330 e. The number of aryl methyl sites for hydroxylation is 2. The Hall–Kier alpha value is -1.35. The summed E-state index contributed by atoms with van der Waals surface area (Å²) in [4.78, 5) is 14.2. The van der Waals surface area contributed by atoms with Crippen molar-refractivity contribution in [2.75, 3.05) is 18.5 Å². The molecule has 3 heteroatoms. The van der Waals surface area contributed by atoms with E-state index in [1.54, 1.807) is 4.90 Å². The third kappa shape index (κ3) is 4.35. The molecular formula is C16H26N2O. The SMILES string of the molecule is Cc1cc(C)cc(N(C)C(=O)C(CN)CC(C)C)c1. The zero-order chi connectivity index (χ0) is 14.6. The Kier molecular flexibility index (Phi) is 5.55. The summed E-state index contributed by atoms with van der Waals surface area (Å²) in [5, 5.41) is 0. The van der Waals surface area contributed by atoms with Crippen molar-refractivity contribution in [2.45, 2.75) is 34.1 Å². The molecule has 106 valence electrons. The number of rotatable bonds is 5. The number of anilines is 1. The van der Waals surface area contributed by atoms with E-state index in [1.807, 2.05) is 33.0 Å². The van der Waals surface area contributed by atoms with Gasteiger partial charge >= 0.3 is 0 Å². The number of carbonyl (C=O) groups is 1. The average Bonchev–Trinajstić information content (AvgIpc) is 2.32. The lowest BCUT2D eigenvalue weighted by atomic mass is 9.95. The predicted octanol–water partition coefficient (Wildman–Crippen LogP) is 2.89. The van der Waals surface area contributed by atoms with Gasteiger partial charge in [0.25, 0.3) is 0 Å². The first-order valence-corrected chi connectivity index (χ1v) is 6.91. The summed E-state index contributed by atoms with van der Waals surface area (Å²) < 4.78 is 0. The van der Waals surface area contributed by atoms with Gasteiger partial charge in [-0.15, -0.1) is 0 Å². The van der Waals surface area contributed by atoms with Crippen molar-refractivity contribution in [2.24, 2.45) is 17.6 Å². The highest BCUT2D eigenvalue weighted by molar-refractivity contribution is 5.94. The Bertz CT molecular complexity index is 420. The summed E-state index contributed by atoms with van der Waals surface area (Å²) in [6.45, 7) is 8.73. The zero-order valence-electron chi connectivity index (χ0n) is 12.7. The van der Waals surface area contributed by atoms with E-state index in [4.69, 9.17) is 5.73 Å². The van der Waals surface area contributed by atoms with Crippen molar-refractivity contribution >= 4 is 11.6 Å². The molecular weight excluding hydrogens is 236 g/mol. The third-order valence-electron chi connectivity index (χ3n) is 3.31. The van der Waals surface area contributed by atoms with Crippen LogP contribution >= 0.6 is 0 Å². The van der Waals surface area contributed by atoms with Gasteiger partial charge in [-0.3, -0.25) is 4.79 Å². The van der Waals surface area contributed by atoms with E-state index >= 15 is 0 Å². The Morgan fingerprint density at radius 1 is 1.21 bits per heavy atom. The van der Waals surface area contributed by atoms with Crippen molar-refractivity contribution in [1.82, 2.24) is 0 Å². The van der Waals surface area contributed by atoms with Gasteiger partial charge in [0.05, 0.1) is 5.92 Å². The second-order valence-corrected chi connectivity index (χ2v) is 5.81. The third-order valence-corrected chi connectivity index (χ3v) is 3.31. The van der Waals surface area contributed by atoms with Gasteiger partial charge in [-0.05, 0) is 49.4 Å². The molecule has 0 aliphatic rings. The highest BCUT2D eigenvalue weighted by Crippen LogP contribution is 2.21. The van der Waals surface area contributed by atoms with Crippen LogP contribution in [0.5, 0.6) is 0 Å². The molecule has 0 saturated heterocycles. The molecule has 1 amide bonds. The van der Waals surface area contributed by atoms with Crippen molar-refractivity contribution in [3.63, 3.8) is 0 Å². The second-order valence-electron chi connectivity index (χ2n) is 5.81. The van der Waals surface area contributed by atoms with Crippen LogP contribution in [0.3, 0.4) is 0 Å². The fraction of sp³-hybridized carbons (Fsp3) is 0.562. The first-order valence-electron chi connectivity index (χ1n) is 6.91. The lowest BCUT2D eigenvalue weighted by molar-refractivity contribution is -0.122. The minimum absolute atomic E-state index is 0.0918. The smallest absolute Gasteiger partial charge is 0.231 e. The molecule has 0 aromatic heterocycles. The lowest BCUT2D eigenvalue weighted by Gasteiger charge is -2.24. The molecule has 0 bridgehead atoms. The molecule has 0 aliphatic carbocycles. The van der Waals surface area contributed by atoms with E-state index in [0.717, 1.165) is 12.1 Å². The number of hydrogen-bond acceptors (Lipinski definition) is 2. The molecule has 1 aromatic carbocycles. The summed E-state index contributed by atoms with van der Waals surface area (Å²) in [5.41, 5.74) is 9.04. The van der Waals surface area contributed by atoms with Gasteiger partial charge in [-0.1, -0.05) is 19.9 Å². The molecule has 1 aromatic rings. The topological polar surface area (TPSA) is 46.3 Å². The van der Waals surface area contributed by atoms with Crippen molar-refractivity contribution < 1.29 is 4.79 Å². The highest BCUT2D eigenvalue weighted by atomic mass is 16.2. The Morgan fingerprint density at radius 3 is 2.16 bits per heavy atom.